The van der Waals surface area contributed by atoms with Crippen LogP contribution in [0, 0.1) is 17.3 Å². The normalized spacial score (nSPS) is 28.9. The van der Waals surface area contributed by atoms with Crippen LogP contribution in [0.5, 0.6) is 5.75 Å². The maximum absolute atomic E-state index is 12.6. The van der Waals surface area contributed by atoms with E-state index in [4.69, 9.17) is 9.47 Å². The summed E-state index contributed by atoms with van der Waals surface area (Å²) in [5, 5.41) is 2.74. The predicted molar refractivity (Wildman–Crippen MR) is 128 cm³/mol. The second-order valence-electron chi connectivity index (χ2n) is 10.5. The van der Waals surface area contributed by atoms with E-state index < -0.39 is 5.97 Å². The van der Waals surface area contributed by atoms with E-state index in [1.54, 1.807) is 31.2 Å². The molecule has 4 aliphatic carbocycles. The Morgan fingerprint density at radius 1 is 1.00 bits per heavy atom. The molecule has 0 aromatic heterocycles. The molecule has 2 aromatic carbocycles. The van der Waals surface area contributed by atoms with Gasteiger partial charge in [0.15, 0.2) is 6.61 Å². The van der Waals surface area contributed by atoms with Gasteiger partial charge in [-0.25, -0.2) is 4.79 Å². The molecule has 6 heteroatoms. The van der Waals surface area contributed by atoms with Gasteiger partial charge in [0.05, 0.1) is 12.7 Å². The number of anilines is 1. The summed E-state index contributed by atoms with van der Waals surface area (Å²) in [5.74, 6) is 1.54. The van der Waals surface area contributed by atoms with Crippen molar-refractivity contribution in [2.24, 2.45) is 17.3 Å². The molecule has 4 aliphatic rings. The fraction of sp³-hybridized carbons (Fsp3) is 0.464. The van der Waals surface area contributed by atoms with E-state index in [0.29, 0.717) is 34.6 Å². The van der Waals surface area contributed by atoms with Crippen LogP contribution in [0.3, 0.4) is 0 Å². The number of benzene rings is 2. The summed E-state index contributed by atoms with van der Waals surface area (Å²) in [6.45, 7) is 1.65. The third kappa shape index (κ3) is 4.10. The molecule has 2 unspecified atom stereocenters. The molecular formula is C28H31NO5. The van der Waals surface area contributed by atoms with Gasteiger partial charge in [0.25, 0.3) is 5.91 Å². The van der Waals surface area contributed by atoms with Crippen molar-refractivity contribution in [2.75, 3.05) is 19.0 Å². The van der Waals surface area contributed by atoms with E-state index in [9.17, 15) is 14.4 Å². The Bertz CT molecular complexity index is 1110. The standard InChI is InChI=1S/C28H31NO5/c1-18(30)27-12-19-10-20(13-27)15-28(14-19,17-27)22-6-8-24(9-7-22)34-16-25(31)29-23-5-3-4-21(11-23)26(32)33-2/h3-9,11,19-20H,10,12-17H2,1-2H3,(H,29,31). The summed E-state index contributed by atoms with van der Waals surface area (Å²) in [6.07, 6.45) is 6.72. The van der Waals surface area contributed by atoms with Gasteiger partial charge in [-0.1, -0.05) is 18.2 Å². The van der Waals surface area contributed by atoms with Crippen molar-refractivity contribution in [3.8, 4) is 5.75 Å². The molecule has 2 atom stereocenters. The van der Waals surface area contributed by atoms with Gasteiger partial charge in [-0.15, -0.1) is 0 Å². The second-order valence-corrected chi connectivity index (χ2v) is 10.5. The van der Waals surface area contributed by atoms with Gasteiger partial charge in [0.2, 0.25) is 0 Å². The van der Waals surface area contributed by atoms with Crippen molar-refractivity contribution in [3.63, 3.8) is 0 Å². The highest BCUT2D eigenvalue weighted by molar-refractivity contribution is 5.95. The molecule has 4 fully saturated rings. The minimum absolute atomic E-state index is 0.0936. The largest absolute Gasteiger partial charge is 0.484 e. The van der Waals surface area contributed by atoms with Crippen molar-refractivity contribution in [1.82, 2.24) is 0 Å². The third-order valence-corrected chi connectivity index (χ3v) is 8.21. The molecule has 4 saturated carbocycles. The minimum atomic E-state index is -0.458. The Morgan fingerprint density at radius 2 is 1.71 bits per heavy atom. The van der Waals surface area contributed by atoms with Crippen molar-refractivity contribution in [1.29, 1.82) is 0 Å². The van der Waals surface area contributed by atoms with E-state index in [-0.39, 0.29) is 23.3 Å². The first-order valence-electron chi connectivity index (χ1n) is 12.0. The number of Topliss-reactive ketones (excluding diaryl/α,β-unsaturated/α-hetero) is 1. The van der Waals surface area contributed by atoms with Crippen LogP contribution in [0.1, 0.15) is 61.4 Å². The van der Waals surface area contributed by atoms with E-state index >= 15 is 0 Å². The van der Waals surface area contributed by atoms with Gasteiger partial charge in [-0.3, -0.25) is 9.59 Å². The molecule has 0 radical (unpaired) electrons. The number of amides is 1. The number of esters is 1. The molecular weight excluding hydrogens is 430 g/mol. The van der Waals surface area contributed by atoms with Crippen LogP contribution in [0.25, 0.3) is 0 Å². The molecule has 0 aliphatic heterocycles. The SMILES string of the molecule is COC(=O)c1cccc(NC(=O)COc2ccc(C34CC5CC(CC(C(C)=O)(C5)C3)C4)cc2)c1. The van der Waals surface area contributed by atoms with Crippen molar-refractivity contribution in [2.45, 2.75) is 50.9 Å². The summed E-state index contributed by atoms with van der Waals surface area (Å²) in [5.41, 5.74) is 2.14. The lowest BCUT2D eigenvalue weighted by Gasteiger charge is -2.61. The Balaban J connectivity index is 1.22. The predicted octanol–water partition coefficient (Wildman–Crippen LogP) is 4.92. The topological polar surface area (TPSA) is 81.7 Å². The zero-order valence-electron chi connectivity index (χ0n) is 19.8. The summed E-state index contributed by atoms with van der Waals surface area (Å²) in [7, 11) is 1.32. The van der Waals surface area contributed by atoms with Crippen LogP contribution in [0.4, 0.5) is 5.69 Å². The maximum atomic E-state index is 12.6. The molecule has 178 valence electrons. The number of hydrogen-bond donors (Lipinski definition) is 1. The van der Waals surface area contributed by atoms with Crippen LogP contribution in [-0.2, 0) is 19.7 Å². The van der Waals surface area contributed by atoms with Crippen molar-refractivity contribution >= 4 is 23.3 Å². The quantitative estimate of drug-likeness (QED) is 0.592. The maximum Gasteiger partial charge on any atom is 0.337 e. The average molecular weight is 462 g/mol. The van der Waals surface area contributed by atoms with Gasteiger partial charge >= 0.3 is 5.97 Å². The third-order valence-electron chi connectivity index (χ3n) is 8.21. The summed E-state index contributed by atoms with van der Waals surface area (Å²) in [6, 6.07) is 14.7. The fourth-order valence-corrected chi connectivity index (χ4v) is 7.10. The average Bonchev–Trinajstić information content (AvgIpc) is 2.82. The Morgan fingerprint density at radius 3 is 2.35 bits per heavy atom. The Hall–Kier alpha value is -3.15. The number of ether oxygens (including phenoxy) is 2. The number of nitrogens with one attached hydrogen (secondary N) is 1. The molecule has 34 heavy (non-hydrogen) atoms. The molecule has 1 amide bonds. The fourth-order valence-electron chi connectivity index (χ4n) is 7.10. The zero-order valence-corrected chi connectivity index (χ0v) is 19.8. The second kappa shape index (κ2) is 8.57. The number of ketones is 1. The Labute approximate surface area is 200 Å². The number of carbonyl (C=O) groups is 3. The van der Waals surface area contributed by atoms with Crippen LogP contribution < -0.4 is 10.1 Å². The van der Waals surface area contributed by atoms with Crippen molar-refractivity contribution < 1.29 is 23.9 Å². The van der Waals surface area contributed by atoms with E-state index in [2.05, 4.69) is 17.4 Å². The van der Waals surface area contributed by atoms with E-state index in [0.717, 1.165) is 19.3 Å². The Kier molecular flexibility index (Phi) is 5.70. The lowest BCUT2D eigenvalue weighted by atomic mass is 9.42. The van der Waals surface area contributed by atoms with Crippen LogP contribution in [0.2, 0.25) is 0 Å². The highest BCUT2D eigenvalue weighted by Crippen LogP contribution is 2.66. The van der Waals surface area contributed by atoms with E-state index in [1.807, 2.05) is 12.1 Å². The van der Waals surface area contributed by atoms with Gasteiger partial charge in [0.1, 0.15) is 11.5 Å². The number of hydrogen-bond acceptors (Lipinski definition) is 5. The van der Waals surface area contributed by atoms with Gasteiger partial charge in [-0.05, 0) is 98.6 Å². The van der Waals surface area contributed by atoms with Crippen LogP contribution in [0.15, 0.2) is 48.5 Å². The molecule has 1 N–H and O–H groups in total. The monoisotopic (exact) mass is 461 g/mol. The number of rotatable bonds is 7. The first-order valence-corrected chi connectivity index (χ1v) is 12.0. The summed E-state index contributed by atoms with van der Waals surface area (Å²) in [4.78, 5) is 36.6. The number of methoxy groups -OCH3 is 1. The smallest absolute Gasteiger partial charge is 0.337 e. The van der Waals surface area contributed by atoms with Gasteiger partial charge in [0, 0.05) is 11.1 Å². The molecule has 0 saturated heterocycles. The number of carbonyl (C=O) groups excluding carboxylic acids is 3. The molecule has 6 nitrogen and oxygen atoms in total. The molecule has 4 bridgehead atoms. The molecule has 2 aromatic rings. The summed E-state index contributed by atoms with van der Waals surface area (Å²) < 4.78 is 10.4. The lowest BCUT2D eigenvalue weighted by Crippen LogP contribution is -2.56. The first kappa shape index (κ1) is 22.6. The zero-order chi connectivity index (χ0) is 23.9. The van der Waals surface area contributed by atoms with E-state index in [1.165, 1.54) is 31.9 Å². The highest BCUT2D eigenvalue weighted by atomic mass is 16.5. The van der Waals surface area contributed by atoms with Gasteiger partial charge < -0.3 is 14.8 Å². The minimum Gasteiger partial charge on any atom is -0.484 e. The van der Waals surface area contributed by atoms with Crippen molar-refractivity contribution in [3.05, 3.63) is 59.7 Å². The van der Waals surface area contributed by atoms with Crippen LogP contribution in [-0.4, -0.2) is 31.4 Å². The highest BCUT2D eigenvalue weighted by Gasteiger charge is 2.59. The lowest BCUT2D eigenvalue weighted by molar-refractivity contribution is -0.144. The van der Waals surface area contributed by atoms with Crippen LogP contribution >= 0.6 is 0 Å². The molecule has 0 heterocycles. The summed E-state index contributed by atoms with van der Waals surface area (Å²) >= 11 is 0. The molecule has 6 rings (SSSR count). The van der Waals surface area contributed by atoms with Gasteiger partial charge in [-0.2, -0.15) is 0 Å². The molecule has 0 spiro atoms. The first-order chi connectivity index (χ1) is 16.3.